The van der Waals surface area contributed by atoms with Gasteiger partial charge in [-0.15, -0.1) is 11.8 Å². The molecule has 2 heterocycles. The van der Waals surface area contributed by atoms with E-state index in [4.69, 9.17) is 42.9 Å². The van der Waals surface area contributed by atoms with Crippen LogP contribution >= 0.6 is 46.3 Å². The summed E-state index contributed by atoms with van der Waals surface area (Å²) >= 11 is 15.8. The maximum atomic E-state index is 11.5. The fourth-order valence-corrected chi connectivity index (χ4v) is 6.52. The largest absolute Gasteiger partial charge is 0.373 e. The molecule has 4 rings (SSSR count). The maximum absolute atomic E-state index is 11.5. The second-order valence-electron chi connectivity index (χ2n) is 8.17. The number of carbonyl (C=O) groups excluding carboxylic acids is 2. The van der Waals surface area contributed by atoms with E-state index in [1.807, 2.05) is 36.7 Å². The number of thioether (sulfide) groups is 1. The maximum Gasteiger partial charge on any atom is 0.373 e. The van der Waals surface area contributed by atoms with Gasteiger partial charge in [0.25, 0.3) is 5.69 Å². The molecule has 12 heteroatoms. The second-order valence-corrected chi connectivity index (χ2v) is 11.3. The highest BCUT2D eigenvalue weighted by atomic mass is 35.5. The van der Waals surface area contributed by atoms with Gasteiger partial charge < -0.3 is 0 Å². The number of aryl methyl sites for hydroxylation is 1. The monoisotopic (exact) mass is 590 g/mol. The quantitative estimate of drug-likeness (QED) is 0.0848. The van der Waals surface area contributed by atoms with Gasteiger partial charge in [0, 0.05) is 34.9 Å². The first-order chi connectivity index (χ1) is 18.2. The summed E-state index contributed by atoms with van der Waals surface area (Å²) in [5.41, 5.74) is 5.25. The Morgan fingerprint density at radius 3 is 2.50 bits per heavy atom. The van der Waals surface area contributed by atoms with Crippen LogP contribution < -0.4 is 0 Å². The first-order valence-electron chi connectivity index (χ1n) is 11.6. The standard InChI is InChI=1S/C25H24Cl2N4O2S2.CO2/c1-4-5-12-34-24-23(18-10-11-20(26)21(27)14-18)28-25(35-24)30-16(3)19(15(2)29-30)13-17-8-6-7-9-22(17)31(32)33;2-1-3/h6-11,14H,4-5,12-13H2,1-3H3;. The summed E-state index contributed by atoms with van der Waals surface area (Å²) < 4.78 is 2.94. The molecule has 0 aliphatic rings. The summed E-state index contributed by atoms with van der Waals surface area (Å²) in [4.78, 5) is 32.4. The Labute approximate surface area is 238 Å². The van der Waals surface area contributed by atoms with Gasteiger partial charge in [0.15, 0.2) is 0 Å². The van der Waals surface area contributed by atoms with Crippen LogP contribution in [0.25, 0.3) is 16.4 Å². The molecule has 2 aromatic carbocycles. The lowest BCUT2D eigenvalue weighted by Gasteiger charge is -2.04. The van der Waals surface area contributed by atoms with Crippen LogP contribution in [0.5, 0.6) is 0 Å². The number of unbranched alkanes of at least 4 members (excludes halogenated alkanes) is 1. The summed E-state index contributed by atoms with van der Waals surface area (Å²) in [5, 5.41) is 18.0. The molecule has 0 spiro atoms. The molecule has 0 bridgehead atoms. The zero-order valence-corrected chi connectivity index (χ0v) is 24.0. The molecule has 0 saturated heterocycles. The van der Waals surface area contributed by atoms with E-state index in [-0.39, 0.29) is 16.8 Å². The van der Waals surface area contributed by atoms with Gasteiger partial charge in [-0.1, -0.05) is 72.1 Å². The molecule has 0 radical (unpaired) electrons. The number of benzene rings is 2. The minimum Gasteiger partial charge on any atom is -0.258 e. The van der Waals surface area contributed by atoms with Gasteiger partial charge >= 0.3 is 6.15 Å². The molecule has 0 aliphatic heterocycles. The first kappa shape index (κ1) is 29.5. The van der Waals surface area contributed by atoms with E-state index in [0.717, 1.165) is 56.1 Å². The van der Waals surface area contributed by atoms with Gasteiger partial charge in [-0.3, -0.25) is 10.1 Å². The normalized spacial score (nSPS) is 10.6. The Balaban J connectivity index is 0.00000127. The molecule has 198 valence electrons. The lowest BCUT2D eigenvalue weighted by atomic mass is 10.0. The average Bonchev–Trinajstić information content (AvgIpc) is 3.43. The number of para-hydroxylation sites is 1. The number of rotatable bonds is 9. The molecule has 2 aromatic heterocycles. The molecule has 0 saturated carbocycles. The van der Waals surface area contributed by atoms with E-state index in [2.05, 4.69) is 6.92 Å². The van der Waals surface area contributed by atoms with Gasteiger partial charge in [0.1, 0.15) is 0 Å². The van der Waals surface area contributed by atoms with Crippen molar-refractivity contribution in [3.63, 3.8) is 0 Å². The van der Waals surface area contributed by atoms with Crippen molar-refractivity contribution in [3.8, 4) is 16.4 Å². The highest BCUT2D eigenvalue weighted by Crippen LogP contribution is 2.40. The van der Waals surface area contributed by atoms with Crippen molar-refractivity contribution in [2.24, 2.45) is 0 Å². The van der Waals surface area contributed by atoms with Crippen molar-refractivity contribution in [3.05, 3.63) is 85.1 Å². The van der Waals surface area contributed by atoms with Crippen molar-refractivity contribution >= 4 is 58.1 Å². The van der Waals surface area contributed by atoms with Crippen LogP contribution in [-0.2, 0) is 16.0 Å². The van der Waals surface area contributed by atoms with E-state index in [1.54, 1.807) is 41.3 Å². The molecule has 0 N–H and O–H groups in total. The van der Waals surface area contributed by atoms with Crippen LogP contribution in [0.3, 0.4) is 0 Å². The molecule has 0 fully saturated rings. The predicted molar refractivity (Wildman–Crippen MR) is 151 cm³/mol. The van der Waals surface area contributed by atoms with Gasteiger partial charge in [-0.2, -0.15) is 14.7 Å². The zero-order chi connectivity index (χ0) is 27.8. The molecule has 8 nitrogen and oxygen atoms in total. The lowest BCUT2D eigenvalue weighted by Crippen LogP contribution is -2.00. The number of nitrogens with zero attached hydrogens (tertiary/aromatic N) is 4. The zero-order valence-electron chi connectivity index (χ0n) is 20.9. The van der Waals surface area contributed by atoms with E-state index < -0.39 is 0 Å². The van der Waals surface area contributed by atoms with Gasteiger partial charge in [0.05, 0.1) is 30.6 Å². The molecular formula is C26H24Cl2N4O4S2. The summed E-state index contributed by atoms with van der Waals surface area (Å²) in [5.74, 6) is 0.993. The number of nitro groups is 1. The van der Waals surface area contributed by atoms with Crippen LogP contribution in [0.2, 0.25) is 10.0 Å². The fraction of sp³-hybridized carbons (Fsp3) is 0.269. The Morgan fingerprint density at radius 2 is 1.84 bits per heavy atom. The van der Waals surface area contributed by atoms with Crippen molar-refractivity contribution < 1.29 is 14.5 Å². The first-order valence-corrected chi connectivity index (χ1v) is 14.1. The summed E-state index contributed by atoms with van der Waals surface area (Å²) in [7, 11) is 0. The molecular weight excluding hydrogens is 567 g/mol. The van der Waals surface area contributed by atoms with Crippen molar-refractivity contribution in [2.75, 3.05) is 5.75 Å². The van der Waals surface area contributed by atoms with Crippen molar-refractivity contribution in [1.82, 2.24) is 14.8 Å². The SMILES string of the molecule is CCCCSc1sc(-n2nc(C)c(Cc3ccccc3[N+](=O)[O-])c2C)nc1-c1ccc(Cl)c(Cl)c1.O=C=O. The number of hydrogen-bond donors (Lipinski definition) is 0. The van der Waals surface area contributed by atoms with E-state index in [1.165, 1.54) is 6.07 Å². The molecule has 0 amide bonds. The second kappa shape index (κ2) is 13.7. The number of aromatic nitrogens is 3. The Kier molecular flexibility index (Phi) is 10.6. The summed E-state index contributed by atoms with van der Waals surface area (Å²) in [6.07, 6.45) is 2.91. The number of halogens is 2. The lowest BCUT2D eigenvalue weighted by molar-refractivity contribution is -0.385. The number of nitro benzene ring substituents is 1. The highest BCUT2D eigenvalue weighted by molar-refractivity contribution is 8.01. The molecule has 0 unspecified atom stereocenters. The van der Waals surface area contributed by atoms with Crippen LogP contribution in [0.1, 0.15) is 42.3 Å². The van der Waals surface area contributed by atoms with Crippen LogP contribution in [0.15, 0.2) is 46.7 Å². The van der Waals surface area contributed by atoms with Crippen LogP contribution in [0, 0.1) is 24.0 Å². The average molecular weight is 592 g/mol. The van der Waals surface area contributed by atoms with E-state index >= 15 is 0 Å². The summed E-state index contributed by atoms with van der Waals surface area (Å²) in [6.45, 7) is 6.08. The van der Waals surface area contributed by atoms with E-state index in [9.17, 15) is 10.1 Å². The smallest absolute Gasteiger partial charge is 0.258 e. The van der Waals surface area contributed by atoms with Gasteiger partial charge in [-0.05, 0) is 38.2 Å². The Bertz CT molecular complexity index is 1480. The number of hydrogen-bond acceptors (Lipinski definition) is 8. The van der Waals surface area contributed by atoms with E-state index in [0.29, 0.717) is 22.0 Å². The van der Waals surface area contributed by atoms with Gasteiger partial charge in [-0.25, -0.2) is 9.67 Å². The number of thiazole rings is 1. The third-order valence-electron chi connectivity index (χ3n) is 5.69. The Hall–Kier alpha value is -3.01. The van der Waals surface area contributed by atoms with Crippen LogP contribution in [0.4, 0.5) is 5.69 Å². The third-order valence-corrected chi connectivity index (χ3v) is 8.80. The van der Waals surface area contributed by atoms with Crippen LogP contribution in [-0.4, -0.2) is 31.6 Å². The van der Waals surface area contributed by atoms with Gasteiger partial charge in [0.2, 0.25) is 5.13 Å². The molecule has 0 aliphatic carbocycles. The topological polar surface area (TPSA) is 108 Å². The minimum atomic E-state index is -0.339. The highest BCUT2D eigenvalue weighted by Gasteiger charge is 2.22. The third kappa shape index (κ3) is 6.89. The molecule has 38 heavy (non-hydrogen) atoms. The predicted octanol–water partition coefficient (Wildman–Crippen LogP) is 7.73. The summed E-state index contributed by atoms with van der Waals surface area (Å²) in [6, 6.07) is 12.4. The Morgan fingerprint density at radius 1 is 1.13 bits per heavy atom. The molecule has 4 aromatic rings. The van der Waals surface area contributed by atoms with Crippen molar-refractivity contribution in [2.45, 2.75) is 44.2 Å². The molecule has 0 atom stereocenters. The minimum absolute atomic E-state index is 0.116. The fourth-order valence-electron chi connectivity index (χ4n) is 3.76. The van der Waals surface area contributed by atoms with Crippen molar-refractivity contribution in [1.29, 1.82) is 0 Å².